The summed E-state index contributed by atoms with van der Waals surface area (Å²) in [5.41, 5.74) is 10.2. The number of benzene rings is 3. The van der Waals surface area contributed by atoms with Crippen molar-refractivity contribution in [2.75, 3.05) is 30.0 Å². The van der Waals surface area contributed by atoms with Gasteiger partial charge in [-0.3, -0.25) is 0 Å². The van der Waals surface area contributed by atoms with Crippen molar-refractivity contribution in [2.24, 2.45) is 0 Å². The summed E-state index contributed by atoms with van der Waals surface area (Å²) in [6.07, 6.45) is 0. The van der Waals surface area contributed by atoms with Crippen molar-refractivity contribution in [3.8, 4) is 11.4 Å². The molecule has 30 heavy (non-hydrogen) atoms. The van der Waals surface area contributed by atoms with Crippen molar-refractivity contribution in [2.45, 2.75) is 0 Å². The first-order valence-corrected chi connectivity index (χ1v) is 9.65. The quantitative estimate of drug-likeness (QED) is 0.441. The Bertz CT molecular complexity index is 1350. The van der Waals surface area contributed by atoms with Gasteiger partial charge in [0.25, 0.3) is 0 Å². The van der Waals surface area contributed by atoms with Crippen LogP contribution in [0, 0.1) is 0 Å². The van der Waals surface area contributed by atoms with Crippen LogP contribution in [0.3, 0.4) is 0 Å². The second-order valence-corrected chi connectivity index (χ2v) is 7.31. The average molecular weight is 395 g/mol. The summed E-state index contributed by atoms with van der Waals surface area (Å²) in [5.74, 6) is 1.42. The van der Waals surface area contributed by atoms with E-state index in [0.29, 0.717) is 5.82 Å². The topological polar surface area (TPSA) is 84.4 Å². The van der Waals surface area contributed by atoms with Crippen molar-refractivity contribution in [1.82, 2.24) is 19.8 Å². The smallest absolute Gasteiger partial charge is 0.187 e. The fourth-order valence-corrected chi connectivity index (χ4v) is 3.60. The zero-order chi connectivity index (χ0) is 20.7. The molecule has 148 valence electrons. The third-order valence-electron chi connectivity index (χ3n) is 5.06. The molecule has 5 aromatic rings. The van der Waals surface area contributed by atoms with E-state index >= 15 is 0 Å². The van der Waals surface area contributed by atoms with Gasteiger partial charge in [0, 0.05) is 47.5 Å². The molecule has 7 nitrogen and oxygen atoms in total. The average Bonchev–Trinajstić information content (AvgIpc) is 3.19. The van der Waals surface area contributed by atoms with E-state index in [1.54, 1.807) is 0 Å². The number of nitrogens with zero attached hydrogens (tertiary/aromatic N) is 5. The van der Waals surface area contributed by atoms with Crippen molar-refractivity contribution in [3.05, 3.63) is 72.8 Å². The second-order valence-electron chi connectivity index (χ2n) is 7.31. The number of anilines is 4. The van der Waals surface area contributed by atoms with Crippen LogP contribution in [0.1, 0.15) is 0 Å². The SMILES string of the molecule is CN(C)c1ccccc1-c1nnc2c3ccccc3c(Nc3ccc(N)cc3)nn12. The Hall–Kier alpha value is -4.13. The highest BCUT2D eigenvalue weighted by Gasteiger charge is 2.18. The summed E-state index contributed by atoms with van der Waals surface area (Å²) in [6.45, 7) is 0. The number of aromatic nitrogens is 4. The first-order valence-electron chi connectivity index (χ1n) is 9.65. The van der Waals surface area contributed by atoms with E-state index in [1.165, 1.54) is 0 Å². The maximum absolute atomic E-state index is 5.83. The number of nitrogens with one attached hydrogen (secondary N) is 1. The van der Waals surface area contributed by atoms with Crippen LogP contribution >= 0.6 is 0 Å². The van der Waals surface area contributed by atoms with Gasteiger partial charge in [0.2, 0.25) is 0 Å². The summed E-state index contributed by atoms with van der Waals surface area (Å²) in [7, 11) is 4.03. The normalized spacial score (nSPS) is 11.1. The zero-order valence-corrected chi connectivity index (χ0v) is 16.7. The van der Waals surface area contributed by atoms with Crippen molar-refractivity contribution >= 4 is 39.3 Å². The summed E-state index contributed by atoms with van der Waals surface area (Å²) in [6, 6.07) is 23.8. The van der Waals surface area contributed by atoms with Crippen LogP contribution in [0.5, 0.6) is 0 Å². The van der Waals surface area contributed by atoms with Crippen LogP contribution < -0.4 is 16.0 Å². The lowest BCUT2D eigenvalue weighted by atomic mass is 10.1. The number of rotatable bonds is 4. The Morgan fingerprint density at radius 2 is 1.53 bits per heavy atom. The lowest BCUT2D eigenvalue weighted by Crippen LogP contribution is -2.11. The van der Waals surface area contributed by atoms with Gasteiger partial charge in [-0.1, -0.05) is 36.4 Å². The van der Waals surface area contributed by atoms with E-state index in [-0.39, 0.29) is 0 Å². The zero-order valence-electron chi connectivity index (χ0n) is 16.7. The van der Waals surface area contributed by atoms with Gasteiger partial charge in [-0.15, -0.1) is 15.3 Å². The first-order chi connectivity index (χ1) is 14.6. The molecule has 0 spiro atoms. The number of hydrogen-bond donors (Lipinski definition) is 2. The van der Waals surface area contributed by atoms with E-state index in [9.17, 15) is 0 Å². The molecule has 0 fully saturated rings. The Labute approximate surface area is 173 Å². The number of nitrogen functional groups attached to an aromatic ring is 1. The standard InChI is InChI=1S/C23H21N7/c1-29(2)20-10-6-5-9-19(20)23-27-26-22-18-8-4-3-7-17(18)21(28-30(22)23)25-16-13-11-15(24)12-14-16/h3-14H,24H2,1-2H3,(H,25,28). The van der Waals surface area contributed by atoms with Crippen LogP contribution in [-0.4, -0.2) is 33.9 Å². The number of hydrogen-bond acceptors (Lipinski definition) is 6. The second kappa shape index (κ2) is 7.04. The van der Waals surface area contributed by atoms with Gasteiger partial charge in [0.1, 0.15) is 0 Å². The highest BCUT2D eigenvalue weighted by molar-refractivity contribution is 6.01. The maximum Gasteiger partial charge on any atom is 0.187 e. The summed E-state index contributed by atoms with van der Waals surface area (Å²) in [4.78, 5) is 2.06. The Morgan fingerprint density at radius 3 is 2.30 bits per heavy atom. The molecule has 7 heteroatoms. The number of fused-ring (bicyclic) bond motifs is 3. The minimum absolute atomic E-state index is 0.695. The Balaban J connectivity index is 1.75. The van der Waals surface area contributed by atoms with Crippen molar-refractivity contribution < 1.29 is 0 Å². The monoisotopic (exact) mass is 395 g/mol. The minimum Gasteiger partial charge on any atom is -0.399 e. The summed E-state index contributed by atoms with van der Waals surface area (Å²) in [5, 5.41) is 19.2. The number of nitrogens with two attached hydrogens (primary N) is 1. The Morgan fingerprint density at radius 1 is 0.833 bits per heavy atom. The number of para-hydroxylation sites is 1. The minimum atomic E-state index is 0.695. The van der Waals surface area contributed by atoms with Gasteiger partial charge in [0.05, 0.1) is 0 Å². The molecule has 0 saturated heterocycles. The molecule has 2 aromatic heterocycles. The predicted molar refractivity (Wildman–Crippen MR) is 122 cm³/mol. The molecule has 3 N–H and O–H groups in total. The molecule has 0 bridgehead atoms. The maximum atomic E-state index is 5.83. The predicted octanol–water partition coefficient (Wildman–Crippen LogP) is 4.34. The Kier molecular flexibility index (Phi) is 4.21. The highest BCUT2D eigenvalue weighted by Crippen LogP contribution is 2.32. The molecule has 0 atom stereocenters. The third kappa shape index (κ3) is 2.97. The third-order valence-corrected chi connectivity index (χ3v) is 5.06. The molecule has 0 radical (unpaired) electrons. The fraction of sp³-hybridized carbons (Fsp3) is 0.0870. The molecular weight excluding hydrogens is 374 g/mol. The molecule has 0 unspecified atom stereocenters. The molecule has 2 heterocycles. The molecule has 0 amide bonds. The molecular formula is C23H21N7. The largest absolute Gasteiger partial charge is 0.399 e. The van der Waals surface area contributed by atoms with Gasteiger partial charge < -0.3 is 16.0 Å². The van der Waals surface area contributed by atoms with Gasteiger partial charge in [-0.2, -0.15) is 4.52 Å². The van der Waals surface area contributed by atoms with Gasteiger partial charge in [-0.25, -0.2) is 0 Å². The van der Waals surface area contributed by atoms with E-state index in [1.807, 2.05) is 85.3 Å². The lowest BCUT2D eigenvalue weighted by molar-refractivity contribution is 0.949. The fourth-order valence-electron chi connectivity index (χ4n) is 3.60. The van der Waals surface area contributed by atoms with E-state index in [0.717, 1.165) is 44.9 Å². The van der Waals surface area contributed by atoms with E-state index in [2.05, 4.69) is 26.5 Å². The van der Waals surface area contributed by atoms with E-state index < -0.39 is 0 Å². The van der Waals surface area contributed by atoms with Crippen LogP contribution in [0.4, 0.5) is 22.9 Å². The van der Waals surface area contributed by atoms with Gasteiger partial charge in [0.15, 0.2) is 17.3 Å². The molecule has 0 aliphatic rings. The molecule has 0 saturated carbocycles. The molecule has 0 aliphatic heterocycles. The van der Waals surface area contributed by atoms with Crippen LogP contribution in [0.15, 0.2) is 72.8 Å². The van der Waals surface area contributed by atoms with Crippen molar-refractivity contribution in [3.63, 3.8) is 0 Å². The van der Waals surface area contributed by atoms with Crippen molar-refractivity contribution in [1.29, 1.82) is 0 Å². The van der Waals surface area contributed by atoms with Gasteiger partial charge >= 0.3 is 0 Å². The van der Waals surface area contributed by atoms with E-state index in [4.69, 9.17) is 10.8 Å². The summed E-state index contributed by atoms with van der Waals surface area (Å²) >= 11 is 0. The molecule has 0 aliphatic carbocycles. The van der Waals surface area contributed by atoms with Crippen LogP contribution in [0.2, 0.25) is 0 Å². The lowest BCUT2D eigenvalue weighted by Gasteiger charge is -2.16. The van der Waals surface area contributed by atoms with Crippen LogP contribution in [-0.2, 0) is 0 Å². The first kappa shape index (κ1) is 17.9. The highest BCUT2D eigenvalue weighted by atomic mass is 15.4. The molecule has 3 aromatic carbocycles. The van der Waals surface area contributed by atoms with Crippen LogP contribution in [0.25, 0.3) is 27.8 Å². The molecule has 5 rings (SSSR count). The van der Waals surface area contributed by atoms with Gasteiger partial charge in [-0.05, 0) is 36.4 Å². The summed E-state index contributed by atoms with van der Waals surface area (Å²) < 4.78 is 1.81.